The molecule has 1 aromatic carbocycles. The first-order chi connectivity index (χ1) is 9.74. The minimum Gasteiger partial charge on any atom is -0.497 e. The molecule has 4 heteroatoms. The van der Waals surface area contributed by atoms with Gasteiger partial charge in [-0.15, -0.1) is 0 Å². The maximum absolute atomic E-state index is 12.5. The predicted molar refractivity (Wildman–Crippen MR) is 83.7 cm³/mol. The molecule has 20 heavy (non-hydrogen) atoms. The first kappa shape index (κ1) is 15.5. The van der Waals surface area contributed by atoms with Gasteiger partial charge in [0.2, 0.25) is 0 Å². The van der Waals surface area contributed by atoms with Gasteiger partial charge in [-0.25, -0.2) is 0 Å². The van der Waals surface area contributed by atoms with Crippen LogP contribution in [0.5, 0.6) is 5.75 Å². The number of ether oxygens (including phenoxy) is 1. The molecule has 1 saturated carbocycles. The normalized spacial score (nSPS) is 19.5. The van der Waals surface area contributed by atoms with Crippen molar-refractivity contribution in [1.82, 2.24) is 5.32 Å². The van der Waals surface area contributed by atoms with Crippen molar-refractivity contribution in [3.05, 3.63) is 24.3 Å². The SMILES string of the molecule is CNC(CS(=O)c1cccc(OC)c1)C1CCCCC1. The topological polar surface area (TPSA) is 38.3 Å². The Morgan fingerprint density at radius 1 is 1.35 bits per heavy atom. The van der Waals surface area contributed by atoms with Crippen LogP contribution in [0.4, 0.5) is 0 Å². The number of nitrogens with one attached hydrogen (secondary N) is 1. The maximum Gasteiger partial charge on any atom is 0.120 e. The molecule has 1 aliphatic carbocycles. The van der Waals surface area contributed by atoms with Gasteiger partial charge in [-0.1, -0.05) is 25.3 Å². The van der Waals surface area contributed by atoms with E-state index in [0.29, 0.717) is 17.7 Å². The molecular formula is C16H25NO2S. The van der Waals surface area contributed by atoms with Crippen molar-refractivity contribution < 1.29 is 8.95 Å². The zero-order valence-electron chi connectivity index (χ0n) is 12.4. The largest absolute Gasteiger partial charge is 0.497 e. The van der Waals surface area contributed by atoms with Crippen molar-refractivity contribution in [2.45, 2.75) is 43.0 Å². The van der Waals surface area contributed by atoms with Crippen molar-refractivity contribution in [2.24, 2.45) is 5.92 Å². The van der Waals surface area contributed by atoms with Crippen molar-refractivity contribution in [1.29, 1.82) is 0 Å². The quantitative estimate of drug-likeness (QED) is 0.877. The number of methoxy groups -OCH3 is 1. The van der Waals surface area contributed by atoms with Crippen LogP contribution in [0.25, 0.3) is 0 Å². The highest BCUT2D eigenvalue weighted by atomic mass is 32.2. The summed E-state index contributed by atoms with van der Waals surface area (Å²) in [5, 5.41) is 3.38. The molecule has 1 N–H and O–H groups in total. The summed E-state index contributed by atoms with van der Waals surface area (Å²) < 4.78 is 17.7. The summed E-state index contributed by atoms with van der Waals surface area (Å²) in [7, 11) is 2.66. The summed E-state index contributed by atoms with van der Waals surface area (Å²) in [5.74, 6) is 2.13. The maximum atomic E-state index is 12.5. The Morgan fingerprint density at radius 3 is 2.75 bits per heavy atom. The molecule has 0 aliphatic heterocycles. The van der Waals surface area contributed by atoms with Crippen molar-refractivity contribution in [2.75, 3.05) is 19.9 Å². The van der Waals surface area contributed by atoms with E-state index in [1.165, 1.54) is 32.1 Å². The number of hydrogen-bond acceptors (Lipinski definition) is 3. The van der Waals surface area contributed by atoms with Gasteiger partial charge in [0.05, 0.1) is 17.9 Å². The van der Waals surface area contributed by atoms with Gasteiger partial charge in [0, 0.05) is 16.7 Å². The lowest BCUT2D eigenvalue weighted by Gasteiger charge is -2.29. The third-order valence-corrected chi connectivity index (χ3v) is 5.67. The molecule has 2 unspecified atom stereocenters. The summed E-state index contributed by atoms with van der Waals surface area (Å²) in [6.45, 7) is 0. The second kappa shape index (κ2) is 7.79. The minimum atomic E-state index is -0.969. The van der Waals surface area contributed by atoms with Crippen molar-refractivity contribution in [3.63, 3.8) is 0 Å². The second-order valence-electron chi connectivity index (χ2n) is 5.48. The van der Waals surface area contributed by atoms with E-state index in [4.69, 9.17) is 4.74 Å². The number of benzene rings is 1. The zero-order valence-corrected chi connectivity index (χ0v) is 13.2. The van der Waals surface area contributed by atoms with Gasteiger partial charge in [-0.3, -0.25) is 4.21 Å². The molecule has 1 aliphatic rings. The average Bonchev–Trinajstić information content (AvgIpc) is 2.53. The van der Waals surface area contributed by atoms with Gasteiger partial charge in [-0.2, -0.15) is 0 Å². The van der Waals surface area contributed by atoms with E-state index in [0.717, 1.165) is 10.6 Å². The Morgan fingerprint density at radius 2 is 2.10 bits per heavy atom. The molecule has 0 aromatic heterocycles. The van der Waals surface area contributed by atoms with Crippen LogP contribution in [0.3, 0.4) is 0 Å². The molecule has 0 radical (unpaired) electrons. The molecule has 0 saturated heterocycles. The van der Waals surface area contributed by atoms with Crippen LogP contribution in [0.2, 0.25) is 0 Å². The van der Waals surface area contributed by atoms with Gasteiger partial charge in [0.25, 0.3) is 0 Å². The van der Waals surface area contributed by atoms with Gasteiger partial charge >= 0.3 is 0 Å². The molecule has 0 amide bonds. The lowest BCUT2D eigenvalue weighted by molar-refractivity contribution is 0.294. The van der Waals surface area contributed by atoms with E-state index >= 15 is 0 Å². The van der Waals surface area contributed by atoms with E-state index in [1.54, 1.807) is 7.11 Å². The smallest absolute Gasteiger partial charge is 0.120 e. The Labute approximate surface area is 124 Å². The van der Waals surface area contributed by atoms with Crippen molar-refractivity contribution in [3.8, 4) is 5.75 Å². The summed E-state index contributed by atoms with van der Waals surface area (Å²) in [5.41, 5.74) is 0. The molecule has 0 spiro atoms. The Kier molecular flexibility index (Phi) is 6.05. The summed E-state index contributed by atoms with van der Waals surface area (Å²) in [6.07, 6.45) is 6.51. The van der Waals surface area contributed by atoms with Crippen LogP contribution in [-0.2, 0) is 10.8 Å². The van der Waals surface area contributed by atoms with Gasteiger partial charge < -0.3 is 10.1 Å². The third-order valence-electron chi connectivity index (χ3n) is 4.22. The van der Waals surface area contributed by atoms with E-state index in [2.05, 4.69) is 5.32 Å². The highest BCUT2D eigenvalue weighted by molar-refractivity contribution is 7.85. The highest BCUT2D eigenvalue weighted by Crippen LogP contribution is 2.27. The van der Waals surface area contributed by atoms with Gasteiger partial charge in [0.15, 0.2) is 0 Å². The fourth-order valence-electron chi connectivity index (χ4n) is 2.99. The van der Waals surface area contributed by atoms with Crippen LogP contribution < -0.4 is 10.1 Å². The monoisotopic (exact) mass is 295 g/mol. The number of hydrogen-bond donors (Lipinski definition) is 1. The lowest BCUT2D eigenvalue weighted by atomic mass is 9.84. The molecule has 2 rings (SSSR count). The first-order valence-corrected chi connectivity index (χ1v) is 8.76. The Hall–Kier alpha value is -0.870. The van der Waals surface area contributed by atoms with E-state index in [9.17, 15) is 4.21 Å². The summed E-state index contributed by atoms with van der Waals surface area (Å²) >= 11 is 0. The molecule has 0 heterocycles. The summed E-state index contributed by atoms with van der Waals surface area (Å²) in [6, 6.07) is 7.94. The highest BCUT2D eigenvalue weighted by Gasteiger charge is 2.24. The minimum absolute atomic E-state index is 0.349. The molecule has 3 nitrogen and oxygen atoms in total. The fourth-order valence-corrected chi connectivity index (χ4v) is 4.43. The molecule has 0 bridgehead atoms. The molecule has 1 aromatic rings. The third kappa shape index (κ3) is 4.06. The zero-order chi connectivity index (χ0) is 14.4. The molecular weight excluding hydrogens is 270 g/mol. The van der Waals surface area contributed by atoms with E-state index in [-0.39, 0.29) is 0 Å². The Balaban J connectivity index is 2.00. The lowest BCUT2D eigenvalue weighted by Crippen LogP contribution is -2.39. The Bertz CT molecular complexity index is 444. The van der Waals surface area contributed by atoms with Crippen LogP contribution in [0, 0.1) is 5.92 Å². The second-order valence-corrected chi connectivity index (χ2v) is 6.98. The van der Waals surface area contributed by atoms with Gasteiger partial charge in [-0.05, 0) is 44.0 Å². The number of rotatable bonds is 6. The van der Waals surface area contributed by atoms with Crippen LogP contribution in [0.1, 0.15) is 32.1 Å². The van der Waals surface area contributed by atoms with Crippen LogP contribution in [0.15, 0.2) is 29.2 Å². The molecule has 2 atom stereocenters. The van der Waals surface area contributed by atoms with E-state index < -0.39 is 10.8 Å². The standard InChI is InChI=1S/C16H25NO2S/c1-17-16(13-7-4-3-5-8-13)12-20(18)15-10-6-9-14(11-15)19-2/h6,9-11,13,16-17H,3-5,7-8,12H2,1-2H3. The predicted octanol–water partition coefficient (Wildman–Crippen LogP) is 2.97. The fraction of sp³-hybridized carbons (Fsp3) is 0.625. The first-order valence-electron chi connectivity index (χ1n) is 7.44. The molecule has 112 valence electrons. The van der Waals surface area contributed by atoms with Crippen LogP contribution >= 0.6 is 0 Å². The average molecular weight is 295 g/mol. The van der Waals surface area contributed by atoms with Crippen LogP contribution in [-0.4, -0.2) is 30.2 Å². The summed E-state index contributed by atoms with van der Waals surface area (Å²) in [4.78, 5) is 0.861. The van der Waals surface area contributed by atoms with E-state index in [1.807, 2.05) is 31.3 Å². The molecule has 1 fully saturated rings. The van der Waals surface area contributed by atoms with Gasteiger partial charge in [0.1, 0.15) is 5.75 Å². The van der Waals surface area contributed by atoms with Crippen molar-refractivity contribution >= 4 is 10.8 Å².